The highest BCUT2D eigenvalue weighted by Crippen LogP contribution is 2.37. The molecular formula is C10H18N2. The number of hydrogen-bond donors (Lipinski definition) is 1. The Balaban J connectivity index is 1.84. The minimum absolute atomic E-state index is 0.972. The Morgan fingerprint density at radius 3 is 2.75 bits per heavy atom. The van der Waals surface area contributed by atoms with Gasteiger partial charge in [0.25, 0.3) is 0 Å². The van der Waals surface area contributed by atoms with Gasteiger partial charge in [0.05, 0.1) is 0 Å². The molecule has 3 rings (SSSR count). The van der Waals surface area contributed by atoms with E-state index in [0.717, 1.165) is 17.9 Å². The van der Waals surface area contributed by atoms with Crippen LogP contribution in [0.2, 0.25) is 0 Å². The minimum Gasteiger partial charge on any atom is -0.316 e. The predicted molar refractivity (Wildman–Crippen MR) is 49.1 cm³/mol. The Kier molecular flexibility index (Phi) is 1.66. The fourth-order valence-corrected chi connectivity index (χ4v) is 3.52. The van der Waals surface area contributed by atoms with Crippen LogP contribution in [0, 0.1) is 11.8 Å². The quantitative estimate of drug-likeness (QED) is 0.569. The van der Waals surface area contributed by atoms with Crippen LogP contribution in [0.4, 0.5) is 0 Å². The van der Waals surface area contributed by atoms with Crippen molar-refractivity contribution in [2.45, 2.75) is 25.3 Å². The van der Waals surface area contributed by atoms with Crippen LogP contribution >= 0.6 is 0 Å². The smallest absolute Gasteiger partial charge is 0.0176 e. The average Bonchev–Trinajstić information content (AvgIpc) is 2.52. The van der Waals surface area contributed by atoms with Gasteiger partial charge in [0, 0.05) is 6.04 Å². The number of rotatable bonds is 0. The molecule has 0 aromatic carbocycles. The van der Waals surface area contributed by atoms with Crippen molar-refractivity contribution in [3.63, 3.8) is 0 Å². The van der Waals surface area contributed by atoms with E-state index in [1.165, 1.54) is 45.4 Å². The van der Waals surface area contributed by atoms with Gasteiger partial charge in [-0.2, -0.15) is 0 Å². The van der Waals surface area contributed by atoms with Crippen molar-refractivity contribution in [2.75, 3.05) is 26.2 Å². The second-order valence-corrected chi connectivity index (χ2v) is 4.64. The third kappa shape index (κ3) is 0.944. The molecule has 2 nitrogen and oxygen atoms in total. The molecule has 3 atom stereocenters. The maximum Gasteiger partial charge on any atom is 0.0176 e. The highest BCUT2D eigenvalue weighted by atomic mass is 15.2. The van der Waals surface area contributed by atoms with E-state index < -0.39 is 0 Å². The molecule has 0 bridgehead atoms. The van der Waals surface area contributed by atoms with Crippen LogP contribution in [0.3, 0.4) is 0 Å². The summed E-state index contributed by atoms with van der Waals surface area (Å²) in [6.07, 6.45) is 4.37. The summed E-state index contributed by atoms with van der Waals surface area (Å²) in [5.41, 5.74) is 0. The molecule has 3 fully saturated rings. The van der Waals surface area contributed by atoms with Crippen molar-refractivity contribution < 1.29 is 0 Å². The summed E-state index contributed by atoms with van der Waals surface area (Å²) in [5, 5.41) is 3.58. The lowest BCUT2D eigenvalue weighted by molar-refractivity contribution is 0.0860. The molecular weight excluding hydrogens is 148 g/mol. The van der Waals surface area contributed by atoms with Crippen LogP contribution in [0.5, 0.6) is 0 Å². The first-order valence-electron chi connectivity index (χ1n) is 5.40. The Hall–Kier alpha value is -0.0800. The zero-order chi connectivity index (χ0) is 7.97. The molecule has 3 unspecified atom stereocenters. The van der Waals surface area contributed by atoms with Crippen LogP contribution in [-0.2, 0) is 0 Å². The predicted octanol–water partition coefficient (Wildman–Crippen LogP) is 0.690. The molecule has 3 heterocycles. The molecule has 0 aromatic heterocycles. The van der Waals surface area contributed by atoms with Crippen LogP contribution in [0.1, 0.15) is 19.3 Å². The Bertz CT molecular complexity index is 163. The maximum atomic E-state index is 3.58. The Labute approximate surface area is 74.3 Å². The van der Waals surface area contributed by atoms with E-state index in [-0.39, 0.29) is 0 Å². The standard InChI is InChI=1S/C10H18N2/c1-2-8-6-11-7-9-3-5-12(4-1)10(8)9/h8-11H,1-7H2. The SMILES string of the molecule is C1CC2CNCC3CCN(C1)C23. The lowest BCUT2D eigenvalue weighted by Gasteiger charge is -2.42. The molecule has 3 aliphatic rings. The van der Waals surface area contributed by atoms with E-state index in [0.29, 0.717) is 0 Å². The van der Waals surface area contributed by atoms with Crippen molar-refractivity contribution in [3.05, 3.63) is 0 Å². The topological polar surface area (TPSA) is 15.3 Å². The summed E-state index contributed by atoms with van der Waals surface area (Å²) in [7, 11) is 0. The summed E-state index contributed by atoms with van der Waals surface area (Å²) >= 11 is 0. The number of hydrogen-bond acceptors (Lipinski definition) is 2. The fourth-order valence-electron chi connectivity index (χ4n) is 3.52. The number of nitrogens with zero attached hydrogens (tertiary/aromatic N) is 1. The fraction of sp³-hybridized carbons (Fsp3) is 1.00. The van der Waals surface area contributed by atoms with Gasteiger partial charge in [0.2, 0.25) is 0 Å². The van der Waals surface area contributed by atoms with Crippen molar-refractivity contribution in [1.82, 2.24) is 10.2 Å². The number of piperidine rings is 2. The van der Waals surface area contributed by atoms with Crippen molar-refractivity contribution >= 4 is 0 Å². The van der Waals surface area contributed by atoms with Gasteiger partial charge in [-0.05, 0) is 57.3 Å². The summed E-state index contributed by atoms with van der Waals surface area (Å²) < 4.78 is 0. The van der Waals surface area contributed by atoms with Gasteiger partial charge in [0.15, 0.2) is 0 Å². The summed E-state index contributed by atoms with van der Waals surface area (Å²) in [6, 6.07) is 0.972. The summed E-state index contributed by atoms with van der Waals surface area (Å²) in [5.74, 6) is 1.98. The second kappa shape index (κ2) is 2.71. The lowest BCUT2D eigenvalue weighted by atomic mass is 9.81. The second-order valence-electron chi connectivity index (χ2n) is 4.64. The van der Waals surface area contributed by atoms with Crippen molar-refractivity contribution in [2.24, 2.45) is 11.8 Å². The van der Waals surface area contributed by atoms with Gasteiger partial charge in [0.1, 0.15) is 0 Å². The molecule has 0 aliphatic carbocycles. The third-order valence-corrected chi connectivity index (χ3v) is 4.01. The molecule has 68 valence electrons. The molecule has 3 aliphatic heterocycles. The molecule has 12 heavy (non-hydrogen) atoms. The van der Waals surface area contributed by atoms with Gasteiger partial charge in [-0.3, -0.25) is 4.90 Å². The third-order valence-electron chi connectivity index (χ3n) is 4.01. The molecule has 0 aromatic rings. The molecule has 0 radical (unpaired) electrons. The Morgan fingerprint density at radius 1 is 1.00 bits per heavy atom. The zero-order valence-corrected chi connectivity index (χ0v) is 7.63. The van der Waals surface area contributed by atoms with Gasteiger partial charge in [-0.15, -0.1) is 0 Å². The minimum atomic E-state index is 0.972. The van der Waals surface area contributed by atoms with Gasteiger partial charge < -0.3 is 5.32 Å². The molecule has 0 saturated carbocycles. The van der Waals surface area contributed by atoms with E-state index in [9.17, 15) is 0 Å². The first-order chi connectivity index (χ1) is 5.95. The first kappa shape index (κ1) is 7.34. The van der Waals surface area contributed by atoms with Gasteiger partial charge >= 0.3 is 0 Å². The summed E-state index contributed by atoms with van der Waals surface area (Å²) in [4.78, 5) is 2.75. The average molecular weight is 166 g/mol. The van der Waals surface area contributed by atoms with Crippen LogP contribution in [0.25, 0.3) is 0 Å². The van der Waals surface area contributed by atoms with E-state index in [1.54, 1.807) is 0 Å². The normalized spacial score (nSPS) is 47.5. The molecule has 1 N–H and O–H groups in total. The maximum absolute atomic E-state index is 3.58. The van der Waals surface area contributed by atoms with Crippen LogP contribution in [0.15, 0.2) is 0 Å². The molecule has 2 heteroatoms. The highest BCUT2D eigenvalue weighted by molar-refractivity contribution is 4.98. The van der Waals surface area contributed by atoms with Gasteiger partial charge in [-0.25, -0.2) is 0 Å². The molecule has 0 amide bonds. The summed E-state index contributed by atoms with van der Waals surface area (Å²) in [6.45, 7) is 5.35. The lowest BCUT2D eigenvalue weighted by Crippen LogP contribution is -2.53. The highest BCUT2D eigenvalue weighted by Gasteiger charge is 2.42. The number of nitrogens with one attached hydrogen (secondary N) is 1. The van der Waals surface area contributed by atoms with Crippen LogP contribution < -0.4 is 5.32 Å². The van der Waals surface area contributed by atoms with Crippen molar-refractivity contribution in [3.8, 4) is 0 Å². The van der Waals surface area contributed by atoms with E-state index in [2.05, 4.69) is 10.2 Å². The van der Waals surface area contributed by atoms with Gasteiger partial charge in [-0.1, -0.05) is 0 Å². The largest absolute Gasteiger partial charge is 0.316 e. The van der Waals surface area contributed by atoms with E-state index >= 15 is 0 Å². The monoisotopic (exact) mass is 166 g/mol. The van der Waals surface area contributed by atoms with Crippen molar-refractivity contribution in [1.29, 1.82) is 0 Å². The first-order valence-corrected chi connectivity index (χ1v) is 5.40. The zero-order valence-electron chi connectivity index (χ0n) is 7.63. The molecule has 0 spiro atoms. The van der Waals surface area contributed by atoms with E-state index in [4.69, 9.17) is 0 Å². The molecule has 3 saturated heterocycles. The van der Waals surface area contributed by atoms with Crippen LogP contribution in [-0.4, -0.2) is 37.1 Å². The Morgan fingerprint density at radius 2 is 1.83 bits per heavy atom. The van der Waals surface area contributed by atoms with E-state index in [1.807, 2.05) is 0 Å².